The van der Waals surface area contributed by atoms with Crippen LogP contribution in [0.25, 0.3) is 0 Å². The summed E-state index contributed by atoms with van der Waals surface area (Å²) in [5, 5.41) is 3.51. The molecule has 1 aromatic carbocycles. The molecule has 1 aliphatic carbocycles. The van der Waals surface area contributed by atoms with Crippen LogP contribution >= 0.6 is 11.8 Å². The molecule has 2 nitrogen and oxygen atoms in total. The molecule has 3 rings (SSSR count). The lowest BCUT2D eigenvalue weighted by Gasteiger charge is -2.32. The fourth-order valence-electron chi connectivity index (χ4n) is 2.98. The topological polar surface area (TPSA) is 24.4 Å². The highest BCUT2D eigenvalue weighted by atomic mass is 32.2. The van der Waals surface area contributed by atoms with Gasteiger partial charge in [0.25, 0.3) is 0 Å². The van der Waals surface area contributed by atoms with E-state index in [0.29, 0.717) is 10.7 Å². The van der Waals surface area contributed by atoms with Crippen LogP contribution in [0.15, 0.2) is 17.1 Å². The van der Waals surface area contributed by atoms with E-state index in [4.69, 9.17) is 4.99 Å². The number of benzene rings is 1. The first kappa shape index (κ1) is 14.8. The van der Waals surface area contributed by atoms with E-state index in [1.807, 2.05) is 0 Å². The summed E-state index contributed by atoms with van der Waals surface area (Å²) in [6.45, 7) is 3.91. The van der Waals surface area contributed by atoms with E-state index < -0.39 is 11.6 Å². The highest BCUT2D eigenvalue weighted by Crippen LogP contribution is 2.42. The normalized spacial score (nSPS) is 28.8. The van der Waals surface area contributed by atoms with Crippen molar-refractivity contribution in [2.75, 3.05) is 11.1 Å². The molecule has 0 atom stereocenters. The third kappa shape index (κ3) is 2.93. The Morgan fingerprint density at radius 1 is 1.29 bits per heavy atom. The number of hydrogen-bond acceptors (Lipinski definition) is 3. The van der Waals surface area contributed by atoms with Gasteiger partial charge in [0.05, 0.1) is 5.54 Å². The molecule has 114 valence electrons. The number of rotatable bonds is 1. The number of aryl methyl sites for hydroxylation is 1. The van der Waals surface area contributed by atoms with Gasteiger partial charge in [-0.15, -0.1) is 0 Å². The van der Waals surface area contributed by atoms with Crippen LogP contribution in [0.4, 0.5) is 14.5 Å². The van der Waals surface area contributed by atoms with Crippen molar-refractivity contribution in [1.29, 1.82) is 0 Å². The third-order valence-corrected chi connectivity index (χ3v) is 5.69. The summed E-state index contributed by atoms with van der Waals surface area (Å²) >= 11 is 1.57. The lowest BCUT2D eigenvalue weighted by atomic mass is 9.79. The lowest BCUT2D eigenvalue weighted by Crippen LogP contribution is -2.32. The van der Waals surface area contributed by atoms with Gasteiger partial charge in [-0.25, -0.2) is 8.78 Å². The number of amidine groups is 1. The lowest BCUT2D eigenvalue weighted by molar-refractivity contribution is 0.273. The second kappa shape index (κ2) is 5.59. The number of aliphatic imine (C=N–C) groups is 1. The third-order valence-electron chi connectivity index (χ3n) is 4.54. The standard InChI is InChI=1S/C16H20F2N2S/c1-10-5-7-16(8-6-10)9-21-15(20-16)19-14-12(17)4-3-11(2)13(14)18/h3-4,10H,5-9H2,1-2H3,(H,19,20). The number of nitrogens with one attached hydrogen (secondary N) is 1. The first-order valence-electron chi connectivity index (χ1n) is 7.43. The highest BCUT2D eigenvalue weighted by Gasteiger charge is 2.38. The fourth-order valence-corrected chi connectivity index (χ4v) is 4.17. The van der Waals surface area contributed by atoms with E-state index in [0.717, 1.165) is 24.5 Å². The zero-order chi connectivity index (χ0) is 15.0. The zero-order valence-corrected chi connectivity index (χ0v) is 13.2. The average Bonchev–Trinajstić information content (AvgIpc) is 2.86. The van der Waals surface area contributed by atoms with Crippen molar-refractivity contribution in [3.8, 4) is 0 Å². The summed E-state index contributed by atoms with van der Waals surface area (Å²) in [6.07, 6.45) is 4.52. The van der Waals surface area contributed by atoms with Crippen molar-refractivity contribution >= 4 is 22.6 Å². The van der Waals surface area contributed by atoms with Gasteiger partial charge >= 0.3 is 0 Å². The van der Waals surface area contributed by atoms with E-state index in [9.17, 15) is 8.78 Å². The first-order chi connectivity index (χ1) is 9.99. The molecule has 21 heavy (non-hydrogen) atoms. The van der Waals surface area contributed by atoms with Crippen molar-refractivity contribution < 1.29 is 8.78 Å². The van der Waals surface area contributed by atoms with Gasteiger partial charge in [0, 0.05) is 5.75 Å². The second-order valence-electron chi connectivity index (χ2n) is 6.29. The van der Waals surface area contributed by atoms with E-state index in [-0.39, 0.29) is 11.2 Å². The summed E-state index contributed by atoms with van der Waals surface area (Å²) in [5.74, 6) is 0.576. The Balaban J connectivity index is 1.79. The smallest absolute Gasteiger partial charge is 0.161 e. The first-order valence-corrected chi connectivity index (χ1v) is 8.42. The van der Waals surface area contributed by atoms with E-state index in [1.54, 1.807) is 18.7 Å². The molecule has 1 saturated carbocycles. The largest absolute Gasteiger partial charge is 0.330 e. The molecule has 0 unspecified atom stereocenters. The molecule has 0 aromatic heterocycles. The number of anilines is 1. The van der Waals surface area contributed by atoms with Crippen LogP contribution in [0.5, 0.6) is 0 Å². The molecular weight excluding hydrogens is 290 g/mol. The summed E-state index contributed by atoms with van der Waals surface area (Å²) in [5.41, 5.74) is 0.335. The molecule has 1 fully saturated rings. The molecule has 0 bridgehead atoms. The number of nitrogens with zero attached hydrogens (tertiary/aromatic N) is 1. The molecule has 1 aromatic rings. The van der Waals surface area contributed by atoms with Gasteiger partial charge in [0.1, 0.15) is 11.5 Å². The molecule has 2 aliphatic rings. The van der Waals surface area contributed by atoms with Crippen LogP contribution in [0.2, 0.25) is 0 Å². The highest BCUT2D eigenvalue weighted by molar-refractivity contribution is 8.14. The molecule has 0 saturated heterocycles. The maximum Gasteiger partial charge on any atom is 0.161 e. The molecule has 1 heterocycles. The summed E-state index contributed by atoms with van der Waals surface area (Å²) in [6, 6.07) is 2.74. The van der Waals surface area contributed by atoms with Gasteiger partial charge < -0.3 is 5.32 Å². The maximum atomic E-state index is 14.0. The van der Waals surface area contributed by atoms with Gasteiger partial charge in [0.2, 0.25) is 0 Å². The SMILES string of the molecule is Cc1ccc(F)c(NC2=NC3(CCC(C)CC3)CS2)c1F. The second-order valence-corrected chi connectivity index (χ2v) is 7.25. The predicted molar refractivity (Wildman–Crippen MR) is 85.0 cm³/mol. The Labute approximate surface area is 128 Å². The van der Waals surface area contributed by atoms with Crippen LogP contribution in [0.1, 0.15) is 38.2 Å². The summed E-state index contributed by atoms with van der Waals surface area (Å²) < 4.78 is 27.8. The molecule has 0 amide bonds. The van der Waals surface area contributed by atoms with Crippen molar-refractivity contribution in [2.45, 2.75) is 45.1 Å². The summed E-state index contributed by atoms with van der Waals surface area (Å²) in [4.78, 5) is 4.76. The molecule has 1 N–H and O–H groups in total. The van der Waals surface area contributed by atoms with E-state index >= 15 is 0 Å². The number of hydrogen-bond donors (Lipinski definition) is 1. The predicted octanol–water partition coefficient (Wildman–Crippen LogP) is 4.74. The van der Waals surface area contributed by atoms with Crippen molar-refractivity contribution in [1.82, 2.24) is 0 Å². The van der Waals surface area contributed by atoms with Crippen molar-refractivity contribution in [2.24, 2.45) is 10.9 Å². The monoisotopic (exact) mass is 310 g/mol. The minimum atomic E-state index is -0.570. The van der Waals surface area contributed by atoms with Crippen LogP contribution in [0, 0.1) is 24.5 Å². The molecule has 5 heteroatoms. The quantitative estimate of drug-likeness (QED) is 0.810. The van der Waals surface area contributed by atoms with Crippen molar-refractivity contribution in [3.63, 3.8) is 0 Å². The Kier molecular flexibility index (Phi) is 3.95. The van der Waals surface area contributed by atoms with Gasteiger partial charge in [0.15, 0.2) is 11.0 Å². The molecule has 0 radical (unpaired) electrons. The van der Waals surface area contributed by atoms with Crippen LogP contribution in [-0.4, -0.2) is 16.5 Å². The zero-order valence-electron chi connectivity index (χ0n) is 12.4. The Bertz CT molecular complexity index is 578. The van der Waals surface area contributed by atoms with E-state index in [1.165, 1.54) is 25.0 Å². The number of thioether (sulfide) groups is 1. The van der Waals surface area contributed by atoms with Crippen molar-refractivity contribution in [3.05, 3.63) is 29.3 Å². The Morgan fingerprint density at radius 2 is 2.00 bits per heavy atom. The van der Waals surface area contributed by atoms with Crippen LogP contribution in [0.3, 0.4) is 0 Å². The molecule has 1 aliphatic heterocycles. The fraction of sp³-hybridized carbons (Fsp3) is 0.562. The van der Waals surface area contributed by atoms with Crippen LogP contribution in [-0.2, 0) is 0 Å². The van der Waals surface area contributed by atoms with Gasteiger partial charge in [-0.3, -0.25) is 4.99 Å². The number of halogens is 2. The van der Waals surface area contributed by atoms with Gasteiger partial charge in [-0.2, -0.15) is 0 Å². The average molecular weight is 310 g/mol. The minimum Gasteiger partial charge on any atom is -0.330 e. The molecular formula is C16H20F2N2S. The van der Waals surface area contributed by atoms with E-state index in [2.05, 4.69) is 12.2 Å². The van der Waals surface area contributed by atoms with Crippen LogP contribution < -0.4 is 5.32 Å². The Hall–Kier alpha value is -1.10. The maximum absolute atomic E-state index is 14.0. The Morgan fingerprint density at radius 3 is 2.71 bits per heavy atom. The summed E-state index contributed by atoms with van der Waals surface area (Å²) in [7, 11) is 0. The minimum absolute atomic E-state index is 0.0176. The van der Waals surface area contributed by atoms with Gasteiger partial charge in [-0.1, -0.05) is 24.8 Å². The van der Waals surface area contributed by atoms with Gasteiger partial charge in [-0.05, 0) is 50.2 Å². The molecule has 1 spiro atoms.